The molecule has 16 heteroatoms. The molecule has 0 bridgehead atoms. The van der Waals surface area contributed by atoms with Crippen molar-refractivity contribution in [3.05, 3.63) is 155 Å². The van der Waals surface area contributed by atoms with Crippen LogP contribution in [-0.4, -0.2) is 72.6 Å². The van der Waals surface area contributed by atoms with Gasteiger partial charge >= 0.3 is 11.9 Å². The monoisotopic (exact) mass is 789 g/mol. The number of imide groups is 1. The fraction of sp³-hybridized carbons (Fsp3) is 0.171. The summed E-state index contributed by atoms with van der Waals surface area (Å²) in [5.74, 6) is -5.16. The third-order valence-electron chi connectivity index (χ3n) is 8.80. The molecule has 5 atom stereocenters. The van der Waals surface area contributed by atoms with Crippen molar-refractivity contribution in [2.75, 3.05) is 4.90 Å². The molecule has 4 aromatic carbocycles. The van der Waals surface area contributed by atoms with Gasteiger partial charge in [0.15, 0.2) is 35.1 Å². The molecule has 14 nitrogen and oxygen atoms in total. The molecule has 2 amide bonds. The molecule has 1 saturated heterocycles. The van der Waals surface area contributed by atoms with Crippen molar-refractivity contribution in [3.8, 4) is 0 Å². The summed E-state index contributed by atoms with van der Waals surface area (Å²) in [6, 6.07) is 31.6. The lowest BCUT2D eigenvalue weighted by Gasteiger charge is -2.25. The van der Waals surface area contributed by atoms with Gasteiger partial charge in [0, 0.05) is 35.4 Å². The Hall–Kier alpha value is -6.78. The highest BCUT2D eigenvalue weighted by atomic mass is 32.2. The zero-order valence-corrected chi connectivity index (χ0v) is 31.0. The van der Waals surface area contributed by atoms with Crippen molar-refractivity contribution in [1.82, 2.24) is 19.1 Å². The molecule has 1 fully saturated rings. The van der Waals surface area contributed by atoms with E-state index in [1.54, 1.807) is 84.9 Å². The first-order valence-electron chi connectivity index (χ1n) is 17.5. The van der Waals surface area contributed by atoms with Gasteiger partial charge in [-0.15, -0.1) is 0 Å². The Morgan fingerprint density at radius 3 is 1.75 bits per heavy atom. The molecule has 0 saturated carbocycles. The Kier molecular flexibility index (Phi) is 11.2. The molecular weight excluding hydrogens is 758 g/mol. The number of imidazole rings is 1. The first kappa shape index (κ1) is 38.5. The van der Waals surface area contributed by atoms with Crippen LogP contribution in [0.3, 0.4) is 0 Å². The number of rotatable bonds is 10. The predicted octanol–water partition coefficient (Wildman–Crippen LogP) is 5.62. The first-order chi connectivity index (χ1) is 27.5. The third kappa shape index (κ3) is 7.85. The smallest absolute Gasteiger partial charge is 0.303 e. The summed E-state index contributed by atoms with van der Waals surface area (Å²) < 4.78 is 35.3. The number of thioether (sulfide) groups is 1. The van der Waals surface area contributed by atoms with Gasteiger partial charge in [-0.25, -0.2) is 18.8 Å². The lowest BCUT2D eigenvalue weighted by atomic mass is 10.1. The van der Waals surface area contributed by atoms with Gasteiger partial charge in [0.05, 0.1) is 6.33 Å². The number of hydrogen-bond acceptors (Lipinski definition) is 12. The van der Waals surface area contributed by atoms with Crippen molar-refractivity contribution in [2.45, 2.75) is 48.8 Å². The summed E-state index contributed by atoms with van der Waals surface area (Å²) in [6.45, 7) is 2.20. The number of aromatic nitrogens is 4. The van der Waals surface area contributed by atoms with E-state index in [-0.39, 0.29) is 22.3 Å². The maximum absolute atomic E-state index is 16.3. The molecule has 7 rings (SSSR count). The number of amides is 2. The Balaban J connectivity index is 1.44. The van der Waals surface area contributed by atoms with E-state index in [9.17, 15) is 28.8 Å². The van der Waals surface area contributed by atoms with Gasteiger partial charge in [-0.2, -0.15) is 4.98 Å². The molecular formula is C41H32FN5O9S. The molecule has 57 heavy (non-hydrogen) atoms. The Morgan fingerprint density at radius 1 is 0.737 bits per heavy atom. The van der Waals surface area contributed by atoms with Gasteiger partial charge < -0.3 is 14.2 Å². The Labute approximate surface area is 327 Å². The quantitative estimate of drug-likeness (QED) is 0.0956. The van der Waals surface area contributed by atoms with E-state index >= 15 is 4.39 Å². The van der Waals surface area contributed by atoms with Gasteiger partial charge in [-0.3, -0.25) is 33.3 Å². The molecule has 3 heterocycles. The van der Waals surface area contributed by atoms with Crippen molar-refractivity contribution < 1.29 is 42.6 Å². The maximum atomic E-state index is 16.3. The number of carbonyl (C=O) groups is 5. The summed E-state index contributed by atoms with van der Waals surface area (Å²) in [5.41, 5.74) is -3.66. The lowest BCUT2D eigenvalue weighted by molar-refractivity contribution is -0.165. The summed E-state index contributed by atoms with van der Waals surface area (Å²) in [5, 5.41) is 0. The summed E-state index contributed by atoms with van der Waals surface area (Å²) in [6.07, 6.45) is -5.01. The molecule has 6 aromatic rings. The van der Waals surface area contributed by atoms with E-state index in [1.165, 1.54) is 36.4 Å². The maximum Gasteiger partial charge on any atom is 0.303 e. The molecule has 1 unspecified atom stereocenters. The highest BCUT2D eigenvalue weighted by Gasteiger charge is 2.54. The average molecular weight is 790 g/mol. The molecule has 1 aliphatic rings. The number of anilines is 1. The summed E-state index contributed by atoms with van der Waals surface area (Å²) in [4.78, 5) is 92.6. The number of hydrogen-bond donors (Lipinski definition) is 0. The first-order valence-corrected chi connectivity index (χ1v) is 18.4. The molecule has 0 spiro atoms. The predicted molar refractivity (Wildman–Crippen MR) is 204 cm³/mol. The van der Waals surface area contributed by atoms with E-state index in [4.69, 9.17) is 14.2 Å². The average Bonchev–Trinajstić information content (AvgIpc) is 3.79. The fourth-order valence-electron chi connectivity index (χ4n) is 6.32. The van der Waals surface area contributed by atoms with Gasteiger partial charge in [0.1, 0.15) is 6.10 Å². The molecule has 1 aliphatic heterocycles. The second-order valence-corrected chi connectivity index (χ2v) is 13.8. The minimum atomic E-state index is -1.89. The third-order valence-corrected chi connectivity index (χ3v) is 9.84. The van der Waals surface area contributed by atoms with Crippen LogP contribution in [0, 0.1) is 0 Å². The van der Waals surface area contributed by atoms with E-state index < -0.39 is 76.7 Å². The van der Waals surface area contributed by atoms with Crippen LogP contribution in [0.15, 0.2) is 137 Å². The van der Waals surface area contributed by atoms with Crippen LogP contribution in [0.4, 0.5) is 10.3 Å². The highest BCUT2D eigenvalue weighted by molar-refractivity contribution is 7.99. The van der Waals surface area contributed by atoms with Crippen LogP contribution in [0.25, 0.3) is 11.2 Å². The van der Waals surface area contributed by atoms with Crippen LogP contribution in [0.5, 0.6) is 0 Å². The molecule has 0 radical (unpaired) electrons. The van der Waals surface area contributed by atoms with Crippen molar-refractivity contribution in [3.63, 3.8) is 0 Å². The number of esters is 2. The minimum absolute atomic E-state index is 0.0201. The number of carbonyl (C=O) groups excluding carboxylic acids is 5. The number of fused-ring (bicyclic) bond motifs is 1. The van der Waals surface area contributed by atoms with Crippen molar-refractivity contribution in [2.24, 2.45) is 0 Å². The van der Waals surface area contributed by atoms with Gasteiger partial charge in [-0.05, 0) is 48.5 Å². The lowest BCUT2D eigenvalue weighted by Crippen LogP contribution is -2.43. The largest absolute Gasteiger partial charge is 0.455 e. The van der Waals surface area contributed by atoms with Gasteiger partial charge in [0.2, 0.25) is 5.95 Å². The topological polar surface area (TPSA) is 169 Å². The molecule has 0 aliphatic carbocycles. The van der Waals surface area contributed by atoms with Gasteiger partial charge in [0.25, 0.3) is 23.3 Å². The standard InChI is InChI=1S/C41H32FN5O9S/c1-24(48)54-31-32(34(42)57-29-21-13-6-14-22-29)56-40(33(31)55-25(2)49)45-23-43-30-35(45)44-41(47(39(30)53)38(52)28-19-11-5-12-20-28)46(36(50)26-15-7-3-8-16-26)37(51)27-17-9-4-10-18-27/h3-23,31-34,40H,1-2H3/t31-,32+,33-,34?,40-/m1/s1. The Bertz CT molecular complexity index is 2470. The molecule has 288 valence electrons. The molecule has 0 N–H and O–H groups in total. The molecule has 2 aromatic heterocycles. The second kappa shape index (κ2) is 16.5. The van der Waals surface area contributed by atoms with Crippen molar-refractivity contribution >= 4 is 58.5 Å². The van der Waals surface area contributed by atoms with Crippen LogP contribution in [0.2, 0.25) is 0 Å². The number of ether oxygens (including phenoxy) is 3. The Morgan fingerprint density at radius 2 is 1.23 bits per heavy atom. The number of benzene rings is 4. The van der Waals surface area contributed by atoms with E-state index in [0.29, 0.717) is 14.4 Å². The summed E-state index contributed by atoms with van der Waals surface area (Å²) in [7, 11) is 0. The van der Waals surface area contributed by atoms with Gasteiger partial charge in [-0.1, -0.05) is 84.6 Å². The SMILES string of the molecule is CC(=O)O[C@@H]1[C@H](OC(C)=O)[C@@H](C(F)Sc2ccccc2)O[C@H]1n1cnc2c(=O)n(C(=O)c3ccccc3)c(N(C(=O)c3ccccc3)C(=O)c3ccccc3)nc21. The number of alkyl halides is 1. The minimum Gasteiger partial charge on any atom is -0.455 e. The van der Waals surface area contributed by atoms with Crippen LogP contribution >= 0.6 is 11.8 Å². The van der Waals surface area contributed by atoms with Crippen molar-refractivity contribution in [1.29, 1.82) is 0 Å². The fourth-order valence-corrected chi connectivity index (χ4v) is 7.25. The van der Waals surface area contributed by atoms with Crippen LogP contribution in [-0.2, 0) is 23.8 Å². The van der Waals surface area contributed by atoms with E-state index in [1.807, 2.05) is 0 Å². The summed E-state index contributed by atoms with van der Waals surface area (Å²) >= 11 is 0.773. The highest BCUT2D eigenvalue weighted by Crippen LogP contribution is 2.41. The number of nitrogens with zero attached hydrogens (tertiary/aromatic N) is 5. The normalized spacial score (nSPS) is 18.1. The van der Waals surface area contributed by atoms with Crippen LogP contribution in [0.1, 0.15) is 51.1 Å². The van der Waals surface area contributed by atoms with Crippen LogP contribution < -0.4 is 10.5 Å². The zero-order chi connectivity index (χ0) is 40.2. The van der Waals surface area contributed by atoms with E-state index in [0.717, 1.165) is 36.5 Å². The number of halogens is 1. The zero-order valence-electron chi connectivity index (χ0n) is 30.2. The van der Waals surface area contributed by atoms with E-state index in [2.05, 4.69) is 9.97 Å². The second-order valence-electron chi connectivity index (χ2n) is 12.6.